The van der Waals surface area contributed by atoms with Gasteiger partial charge in [0.05, 0.1) is 5.69 Å². The number of aromatic nitrogens is 2. The van der Waals surface area contributed by atoms with Gasteiger partial charge in [0.25, 0.3) is 5.91 Å². The SMILES string of the molecule is O=C(c1ccc(F)cc1)N1CCN(c2nccn2-c2ccccc2F)CC1. The van der Waals surface area contributed by atoms with E-state index in [0.717, 1.165) is 0 Å². The monoisotopic (exact) mass is 368 g/mol. The Morgan fingerprint density at radius 2 is 1.63 bits per heavy atom. The van der Waals surface area contributed by atoms with Crippen LogP contribution in [0.5, 0.6) is 0 Å². The van der Waals surface area contributed by atoms with Crippen LogP contribution in [0.1, 0.15) is 10.4 Å². The third-order valence-electron chi connectivity index (χ3n) is 4.67. The highest BCUT2D eigenvalue weighted by Crippen LogP contribution is 2.22. The van der Waals surface area contributed by atoms with Crippen LogP contribution < -0.4 is 4.90 Å². The number of hydrogen-bond donors (Lipinski definition) is 0. The van der Waals surface area contributed by atoms with E-state index in [4.69, 9.17) is 0 Å². The first-order valence-corrected chi connectivity index (χ1v) is 8.71. The third-order valence-corrected chi connectivity index (χ3v) is 4.67. The zero-order valence-corrected chi connectivity index (χ0v) is 14.6. The minimum atomic E-state index is -0.364. The van der Waals surface area contributed by atoms with Crippen molar-refractivity contribution in [3.63, 3.8) is 0 Å². The van der Waals surface area contributed by atoms with Crippen LogP contribution in [-0.2, 0) is 0 Å². The summed E-state index contributed by atoms with van der Waals surface area (Å²) >= 11 is 0. The average Bonchev–Trinajstić information content (AvgIpc) is 3.18. The molecule has 1 aliphatic heterocycles. The molecule has 2 heterocycles. The highest BCUT2D eigenvalue weighted by molar-refractivity contribution is 5.94. The number of rotatable bonds is 3. The van der Waals surface area contributed by atoms with Crippen LogP contribution in [0, 0.1) is 11.6 Å². The zero-order valence-electron chi connectivity index (χ0n) is 14.6. The minimum Gasteiger partial charge on any atom is -0.338 e. The van der Waals surface area contributed by atoms with Gasteiger partial charge in [0.1, 0.15) is 11.6 Å². The molecular weight excluding hydrogens is 350 g/mol. The summed E-state index contributed by atoms with van der Waals surface area (Å²) in [5.41, 5.74) is 0.910. The molecule has 0 aliphatic carbocycles. The number of nitrogens with zero attached hydrogens (tertiary/aromatic N) is 4. The fraction of sp³-hybridized carbons (Fsp3) is 0.200. The number of hydrogen-bond acceptors (Lipinski definition) is 3. The van der Waals surface area contributed by atoms with Gasteiger partial charge in [-0.15, -0.1) is 0 Å². The predicted molar refractivity (Wildman–Crippen MR) is 98.0 cm³/mol. The first-order valence-electron chi connectivity index (χ1n) is 8.71. The van der Waals surface area contributed by atoms with Crippen molar-refractivity contribution in [2.75, 3.05) is 31.1 Å². The fourth-order valence-electron chi connectivity index (χ4n) is 3.25. The Labute approximate surface area is 155 Å². The van der Waals surface area contributed by atoms with Gasteiger partial charge < -0.3 is 9.80 Å². The van der Waals surface area contributed by atoms with E-state index in [2.05, 4.69) is 4.98 Å². The molecule has 1 amide bonds. The maximum atomic E-state index is 14.1. The first-order chi connectivity index (χ1) is 13.1. The maximum absolute atomic E-state index is 14.1. The van der Waals surface area contributed by atoms with Gasteiger partial charge in [0, 0.05) is 44.1 Å². The Morgan fingerprint density at radius 1 is 0.926 bits per heavy atom. The lowest BCUT2D eigenvalue weighted by atomic mass is 10.2. The second-order valence-electron chi connectivity index (χ2n) is 6.33. The number of para-hydroxylation sites is 1. The van der Waals surface area contributed by atoms with Gasteiger partial charge in [-0.1, -0.05) is 12.1 Å². The lowest BCUT2D eigenvalue weighted by Crippen LogP contribution is -2.49. The van der Waals surface area contributed by atoms with Crippen molar-refractivity contribution in [1.29, 1.82) is 0 Å². The Hall–Kier alpha value is -3.22. The van der Waals surface area contributed by atoms with Crippen LogP contribution in [0.3, 0.4) is 0 Å². The number of carbonyl (C=O) groups excluding carboxylic acids is 1. The molecule has 2 aromatic carbocycles. The van der Waals surface area contributed by atoms with E-state index in [1.54, 1.807) is 40.1 Å². The van der Waals surface area contributed by atoms with E-state index < -0.39 is 0 Å². The summed E-state index contributed by atoms with van der Waals surface area (Å²) in [6, 6.07) is 12.1. The molecule has 7 heteroatoms. The smallest absolute Gasteiger partial charge is 0.253 e. The second-order valence-corrected chi connectivity index (χ2v) is 6.33. The lowest BCUT2D eigenvalue weighted by Gasteiger charge is -2.35. The molecule has 138 valence electrons. The Kier molecular flexibility index (Phi) is 4.58. The van der Waals surface area contributed by atoms with Gasteiger partial charge in [-0.05, 0) is 36.4 Å². The van der Waals surface area contributed by atoms with E-state index in [9.17, 15) is 13.6 Å². The molecule has 1 aliphatic rings. The Balaban J connectivity index is 1.48. The van der Waals surface area contributed by atoms with Crippen LogP contribution in [0.2, 0.25) is 0 Å². The van der Waals surface area contributed by atoms with E-state index in [1.807, 2.05) is 4.90 Å². The molecule has 0 radical (unpaired) electrons. The zero-order chi connectivity index (χ0) is 18.8. The molecular formula is C20H18F2N4O. The number of anilines is 1. The summed E-state index contributed by atoms with van der Waals surface area (Å²) in [6.45, 7) is 2.19. The molecule has 5 nitrogen and oxygen atoms in total. The van der Waals surface area contributed by atoms with Crippen molar-refractivity contribution in [2.45, 2.75) is 0 Å². The average molecular weight is 368 g/mol. The van der Waals surface area contributed by atoms with Crippen molar-refractivity contribution < 1.29 is 13.6 Å². The van der Waals surface area contributed by atoms with E-state index in [0.29, 0.717) is 43.4 Å². The summed E-state index contributed by atoms with van der Waals surface area (Å²) < 4.78 is 28.9. The molecule has 4 rings (SSSR count). The van der Waals surface area contributed by atoms with Crippen LogP contribution in [0.25, 0.3) is 5.69 Å². The van der Waals surface area contributed by atoms with Crippen molar-refractivity contribution in [3.05, 3.63) is 78.1 Å². The number of benzene rings is 2. The van der Waals surface area contributed by atoms with Crippen LogP contribution in [0.4, 0.5) is 14.7 Å². The lowest BCUT2D eigenvalue weighted by molar-refractivity contribution is 0.0746. The molecule has 0 spiro atoms. The molecule has 27 heavy (non-hydrogen) atoms. The largest absolute Gasteiger partial charge is 0.338 e. The van der Waals surface area contributed by atoms with Crippen molar-refractivity contribution in [2.24, 2.45) is 0 Å². The Morgan fingerprint density at radius 3 is 2.33 bits per heavy atom. The molecule has 0 N–H and O–H groups in total. The normalized spacial score (nSPS) is 14.4. The molecule has 0 saturated carbocycles. The van der Waals surface area contributed by atoms with E-state index in [-0.39, 0.29) is 17.5 Å². The van der Waals surface area contributed by atoms with Gasteiger partial charge >= 0.3 is 0 Å². The predicted octanol–water partition coefficient (Wildman–Crippen LogP) is 3.11. The van der Waals surface area contributed by atoms with E-state index in [1.165, 1.54) is 30.3 Å². The minimum absolute atomic E-state index is 0.118. The number of piperazine rings is 1. The van der Waals surface area contributed by atoms with Gasteiger partial charge in [-0.3, -0.25) is 9.36 Å². The highest BCUT2D eigenvalue weighted by Gasteiger charge is 2.25. The third kappa shape index (κ3) is 3.40. The summed E-state index contributed by atoms with van der Waals surface area (Å²) in [5, 5.41) is 0. The molecule has 0 bridgehead atoms. The molecule has 1 aromatic heterocycles. The topological polar surface area (TPSA) is 41.4 Å². The molecule has 0 unspecified atom stereocenters. The summed E-state index contributed by atoms with van der Waals surface area (Å²) in [5.74, 6) is -0.153. The highest BCUT2D eigenvalue weighted by atomic mass is 19.1. The number of imidazole rings is 1. The van der Waals surface area contributed by atoms with Crippen LogP contribution >= 0.6 is 0 Å². The Bertz CT molecular complexity index is 947. The van der Waals surface area contributed by atoms with Crippen molar-refractivity contribution >= 4 is 11.9 Å². The number of halogens is 2. The molecule has 1 fully saturated rings. The first kappa shape index (κ1) is 17.2. The van der Waals surface area contributed by atoms with Crippen molar-refractivity contribution in [1.82, 2.24) is 14.5 Å². The number of amides is 1. The molecule has 3 aromatic rings. The fourth-order valence-corrected chi connectivity index (χ4v) is 3.25. The second kappa shape index (κ2) is 7.19. The quantitative estimate of drug-likeness (QED) is 0.713. The van der Waals surface area contributed by atoms with E-state index >= 15 is 0 Å². The molecule has 0 atom stereocenters. The van der Waals surface area contributed by atoms with Crippen LogP contribution in [0.15, 0.2) is 60.9 Å². The van der Waals surface area contributed by atoms with Crippen LogP contribution in [-0.4, -0.2) is 46.5 Å². The summed E-state index contributed by atoms with van der Waals surface area (Å²) in [7, 11) is 0. The summed E-state index contributed by atoms with van der Waals surface area (Å²) in [4.78, 5) is 20.7. The number of carbonyl (C=O) groups is 1. The summed E-state index contributed by atoms with van der Waals surface area (Å²) in [6.07, 6.45) is 3.36. The van der Waals surface area contributed by atoms with Gasteiger partial charge in [0.2, 0.25) is 5.95 Å². The van der Waals surface area contributed by atoms with Crippen molar-refractivity contribution in [3.8, 4) is 5.69 Å². The standard InChI is InChI=1S/C20H18F2N4O/c21-16-7-5-15(6-8-16)19(27)24-11-13-25(14-12-24)20-23-9-10-26(20)18-4-2-1-3-17(18)22/h1-10H,11-14H2. The van der Waals surface area contributed by atoms with Gasteiger partial charge in [-0.25, -0.2) is 13.8 Å². The molecule has 1 saturated heterocycles. The van der Waals surface area contributed by atoms with Gasteiger partial charge in [-0.2, -0.15) is 0 Å². The van der Waals surface area contributed by atoms with Gasteiger partial charge in [0.15, 0.2) is 0 Å². The maximum Gasteiger partial charge on any atom is 0.253 e.